The molecule has 2 rings (SSSR count). The van der Waals surface area contributed by atoms with Crippen LogP contribution in [0, 0.1) is 5.92 Å². The molecule has 0 aromatic heterocycles. The summed E-state index contributed by atoms with van der Waals surface area (Å²) in [5.41, 5.74) is 0.661. The van der Waals surface area contributed by atoms with Crippen molar-refractivity contribution >= 4 is 5.91 Å². The summed E-state index contributed by atoms with van der Waals surface area (Å²) in [7, 11) is 5.74. The lowest BCUT2D eigenvalue weighted by atomic mass is 10.0. The third kappa shape index (κ3) is 5.49. The van der Waals surface area contributed by atoms with Crippen molar-refractivity contribution in [2.75, 3.05) is 54.1 Å². The molecule has 0 bridgehead atoms. The van der Waals surface area contributed by atoms with Crippen LogP contribution < -0.4 is 4.74 Å². The summed E-state index contributed by atoms with van der Waals surface area (Å²) < 4.78 is 11.2. The first-order chi connectivity index (χ1) is 11.6. The molecule has 1 unspecified atom stereocenters. The van der Waals surface area contributed by atoms with E-state index in [-0.39, 0.29) is 5.91 Å². The summed E-state index contributed by atoms with van der Waals surface area (Å²) in [6, 6.07) is 7.56. The van der Waals surface area contributed by atoms with Gasteiger partial charge in [-0.15, -0.1) is 0 Å². The number of carbonyl (C=O) groups is 1. The van der Waals surface area contributed by atoms with Gasteiger partial charge in [-0.05, 0) is 45.0 Å². The van der Waals surface area contributed by atoms with Crippen LogP contribution in [0.4, 0.5) is 0 Å². The van der Waals surface area contributed by atoms with E-state index in [1.54, 1.807) is 7.11 Å². The van der Waals surface area contributed by atoms with Crippen molar-refractivity contribution in [3.63, 3.8) is 0 Å². The van der Waals surface area contributed by atoms with E-state index < -0.39 is 0 Å². The van der Waals surface area contributed by atoms with E-state index in [0.29, 0.717) is 30.4 Å². The molecule has 24 heavy (non-hydrogen) atoms. The predicted octanol–water partition coefficient (Wildman–Crippen LogP) is 2.52. The quantitative estimate of drug-likeness (QED) is 0.768. The van der Waals surface area contributed by atoms with Crippen molar-refractivity contribution < 1.29 is 14.3 Å². The van der Waals surface area contributed by atoms with Gasteiger partial charge in [-0.2, -0.15) is 0 Å². The zero-order valence-corrected chi connectivity index (χ0v) is 15.2. The number of likely N-dealkylation sites (tertiary alicyclic amines) is 1. The van der Waals surface area contributed by atoms with Crippen molar-refractivity contribution in [2.24, 2.45) is 5.92 Å². The Morgan fingerprint density at radius 3 is 2.83 bits per heavy atom. The molecular weight excluding hydrogens is 304 g/mol. The van der Waals surface area contributed by atoms with Crippen LogP contribution in [0.1, 0.15) is 29.6 Å². The molecule has 0 N–H and O–H groups in total. The number of likely N-dealkylation sites (N-methyl/N-ethyl adjacent to an activating group) is 1. The first-order valence-electron chi connectivity index (χ1n) is 8.76. The van der Waals surface area contributed by atoms with E-state index >= 15 is 0 Å². The fourth-order valence-corrected chi connectivity index (χ4v) is 3.06. The third-order valence-corrected chi connectivity index (χ3v) is 4.37. The Bertz CT molecular complexity index is 519. The van der Waals surface area contributed by atoms with Crippen molar-refractivity contribution in [2.45, 2.75) is 19.3 Å². The van der Waals surface area contributed by atoms with Gasteiger partial charge in [0.2, 0.25) is 0 Å². The molecule has 5 heteroatoms. The number of rotatable bonds is 7. The number of hydrogen-bond donors (Lipinski definition) is 0. The molecule has 134 valence electrons. The van der Waals surface area contributed by atoms with Gasteiger partial charge < -0.3 is 19.3 Å². The van der Waals surface area contributed by atoms with Gasteiger partial charge >= 0.3 is 0 Å². The zero-order chi connectivity index (χ0) is 17.4. The Balaban J connectivity index is 2.07. The Morgan fingerprint density at radius 2 is 2.08 bits per heavy atom. The number of para-hydroxylation sites is 1. The molecule has 1 aromatic rings. The van der Waals surface area contributed by atoms with Crippen LogP contribution in [0.15, 0.2) is 24.3 Å². The van der Waals surface area contributed by atoms with Gasteiger partial charge in [-0.25, -0.2) is 0 Å². The molecule has 1 amide bonds. The van der Waals surface area contributed by atoms with Crippen LogP contribution in [-0.4, -0.2) is 69.8 Å². The Hall–Kier alpha value is -1.59. The van der Waals surface area contributed by atoms with Gasteiger partial charge in [-0.1, -0.05) is 18.6 Å². The number of nitrogens with zero attached hydrogens (tertiary/aromatic N) is 2. The lowest BCUT2D eigenvalue weighted by Crippen LogP contribution is -2.36. The molecule has 1 aromatic carbocycles. The van der Waals surface area contributed by atoms with Crippen molar-refractivity contribution in [3.05, 3.63) is 29.8 Å². The fourth-order valence-electron chi connectivity index (χ4n) is 3.06. The summed E-state index contributed by atoms with van der Waals surface area (Å²) in [5, 5.41) is 0. The van der Waals surface area contributed by atoms with Gasteiger partial charge in [0.05, 0.1) is 12.2 Å². The van der Waals surface area contributed by atoms with Crippen LogP contribution in [0.25, 0.3) is 0 Å². The number of benzene rings is 1. The minimum absolute atomic E-state index is 0.0680. The predicted molar refractivity (Wildman–Crippen MR) is 95.6 cm³/mol. The summed E-state index contributed by atoms with van der Waals surface area (Å²) in [6.07, 6.45) is 3.33. The smallest absolute Gasteiger partial charge is 0.257 e. The molecule has 1 aliphatic heterocycles. The lowest BCUT2D eigenvalue weighted by Gasteiger charge is -2.25. The molecule has 0 radical (unpaired) electrons. The normalized spacial score (nSPS) is 18.5. The van der Waals surface area contributed by atoms with E-state index in [2.05, 4.69) is 4.90 Å². The maximum atomic E-state index is 13.0. The lowest BCUT2D eigenvalue weighted by molar-refractivity contribution is 0.0692. The van der Waals surface area contributed by atoms with Crippen LogP contribution >= 0.6 is 0 Å². The fraction of sp³-hybridized carbons (Fsp3) is 0.632. The first-order valence-corrected chi connectivity index (χ1v) is 8.76. The highest BCUT2D eigenvalue weighted by molar-refractivity contribution is 5.97. The number of carbonyl (C=O) groups excluding carboxylic acids is 1. The van der Waals surface area contributed by atoms with Crippen LogP contribution in [0.5, 0.6) is 5.75 Å². The number of hydrogen-bond acceptors (Lipinski definition) is 4. The van der Waals surface area contributed by atoms with Gasteiger partial charge in [0.25, 0.3) is 5.91 Å². The minimum Gasteiger partial charge on any atom is -0.491 e. The highest BCUT2D eigenvalue weighted by atomic mass is 16.5. The zero-order valence-electron chi connectivity index (χ0n) is 15.2. The first kappa shape index (κ1) is 18.7. The van der Waals surface area contributed by atoms with Crippen LogP contribution in [-0.2, 0) is 4.74 Å². The molecule has 0 spiro atoms. The van der Waals surface area contributed by atoms with E-state index in [0.717, 1.165) is 38.9 Å². The summed E-state index contributed by atoms with van der Waals surface area (Å²) in [6.45, 7) is 3.68. The molecule has 0 saturated carbocycles. The molecule has 1 fully saturated rings. The molecule has 5 nitrogen and oxygen atoms in total. The Morgan fingerprint density at radius 1 is 1.29 bits per heavy atom. The van der Waals surface area contributed by atoms with Crippen LogP contribution in [0.3, 0.4) is 0 Å². The molecular formula is C19H30N2O3. The molecule has 1 aliphatic rings. The second kappa shape index (κ2) is 9.64. The van der Waals surface area contributed by atoms with Gasteiger partial charge in [0, 0.05) is 26.7 Å². The Labute approximate surface area is 145 Å². The third-order valence-electron chi connectivity index (χ3n) is 4.37. The molecule has 1 heterocycles. The average molecular weight is 334 g/mol. The second-order valence-corrected chi connectivity index (χ2v) is 6.72. The summed E-state index contributed by atoms with van der Waals surface area (Å²) in [5.74, 6) is 1.17. The Kier molecular flexibility index (Phi) is 7.53. The van der Waals surface area contributed by atoms with Gasteiger partial charge in [0.1, 0.15) is 12.4 Å². The highest BCUT2D eigenvalue weighted by Crippen LogP contribution is 2.23. The molecule has 1 atom stereocenters. The van der Waals surface area contributed by atoms with E-state index in [4.69, 9.17) is 9.47 Å². The standard InChI is InChI=1S/C19H30N2O3/c1-20(2)12-13-24-18-10-5-4-9-17(18)19(22)21-11-7-6-8-16(14-21)15-23-3/h4-5,9-10,16H,6-8,11-15H2,1-3H3. The van der Waals surface area contributed by atoms with E-state index in [9.17, 15) is 4.79 Å². The molecule has 0 aliphatic carbocycles. The second-order valence-electron chi connectivity index (χ2n) is 6.72. The number of ether oxygens (including phenoxy) is 2. The monoisotopic (exact) mass is 334 g/mol. The van der Waals surface area contributed by atoms with E-state index in [1.807, 2.05) is 43.3 Å². The maximum absolute atomic E-state index is 13.0. The maximum Gasteiger partial charge on any atom is 0.257 e. The average Bonchev–Trinajstić information content (AvgIpc) is 2.80. The minimum atomic E-state index is 0.0680. The van der Waals surface area contributed by atoms with Crippen molar-refractivity contribution in [1.82, 2.24) is 9.80 Å². The molecule has 1 saturated heterocycles. The topological polar surface area (TPSA) is 42.0 Å². The largest absolute Gasteiger partial charge is 0.491 e. The number of methoxy groups -OCH3 is 1. The van der Waals surface area contributed by atoms with Crippen LogP contribution in [0.2, 0.25) is 0 Å². The van der Waals surface area contributed by atoms with Crippen molar-refractivity contribution in [1.29, 1.82) is 0 Å². The summed E-state index contributed by atoms with van der Waals surface area (Å²) in [4.78, 5) is 17.0. The highest BCUT2D eigenvalue weighted by Gasteiger charge is 2.24. The SMILES string of the molecule is COCC1CCCCN(C(=O)c2ccccc2OCCN(C)C)C1. The number of amides is 1. The van der Waals surface area contributed by atoms with E-state index in [1.165, 1.54) is 0 Å². The van der Waals surface area contributed by atoms with Gasteiger partial charge in [0.15, 0.2) is 0 Å². The summed E-state index contributed by atoms with van der Waals surface area (Å²) >= 11 is 0. The van der Waals surface area contributed by atoms with Crippen molar-refractivity contribution in [3.8, 4) is 5.75 Å². The van der Waals surface area contributed by atoms with Gasteiger partial charge in [-0.3, -0.25) is 4.79 Å².